The third-order valence-electron chi connectivity index (χ3n) is 1.27. The lowest BCUT2D eigenvalue weighted by Crippen LogP contribution is -2.04. The van der Waals surface area contributed by atoms with Gasteiger partial charge in [-0.05, 0) is 22.0 Å². The summed E-state index contributed by atoms with van der Waals surface area (Å²) in [5.74, 6) is -0.873. The number of alkyl halides is 2. The van der Waals surface area contributed by atoms with Crippen molar-refractivity contribution in [2.75, 3.05) is 5.73 Å². The Kier molecular flexibility index (Phi) is 3.02. The third kappa shape index (κ3) is 2.51. The minimum absolute atomic E-state index is 0.0253. The monoisotopic (exact) mass is 255 g/mol. The number of halogens is 4. The summed E-state index contributed by atoms with van der Waals surface area (Å²) in [4.78, 5) is 0. The minimum Gasteiger partial charge on any atom is -0.433 e. The number of hydrogen-bond donors (Lipinski definition) is 1. The van der Waals surface area contributed by atoms with E-state index in [1.165, 1.54) is 0 Å². The fraction of sp³-hybridized carbons (Fsp3) is 0.143. The molecule has 13 heavy (non-hydrogen) atoms. The first-order valence-electron chi connectivity index (χ1n) is 3.20. The highest BCUT2D eigenvalue weighted by atomic mass is 79.9. The zero-order chi connectivity index (χ0) is 10.0. The van der Waals surface area contributed by atoms with Gasteiger partial charge >= 0.3 is 6.61 Å². The second-order valence-corrected chi connectivity index (χ2v) is 3.04. The van der Waals surface area contributed by atoms with Crippen molar-refractivity contribution in [1.29, 1.82) is 0 Å². The van der Waals surface area contributed by atoms with Gasteiger partial charge in [-0.2, -0.15) is 8.78 Å². The highest BCUT2D eigenvalue weighted by Crippen LogP contribution is 2.29. The number of benzene rings is 1. The second-order valence-electron chi connectivity index (χ2n) is 2.18. The van der Waals surface area contributed by atoms with Gasteiger partial charge in [0.15, 0.2) is 0 Å². The molecule has 0 saturated heterocycles. The van der Waals surface area contributed by atoms with Crippen LogP contribution in [0.1, 0.15) is 0 Å². The molecule has 0 atom stereocenters. The molecule has 0 saturated carbocycles. The van der Waals surface area contributed by atoms with Crippen LogP contribution in [0, 0.1) is 5.82 Å². The molecule has 0 bridgehead atoms. The lowest BCUT2D eigenvalue weighted by Gasteiger charge is -2.07. The van der Waals surface area contributed by atoms with Crippen molar-refractivity contribution < 1.29 is 17.9 Å². The largest absolute Gasteiger partial charge is 0.433 e. The predicted octanol–water partition coefficient (Wildman–Crippen LogP) is 2.77. The summed E-state index contributed by atoms with van der Waals surface area (Å²) in [5, 5.41) is 0. The lowest BCUT2D eigenvalue weighted by molar-refractivity contribution is -0.0494. The Balaban J connectivity index is 3.01. The molecule has 0 radical (unpaired) electrons. The molecule has 72 valence electrons. The molecule has 0 aromatic heterocycles. The minimum atomic E-state index is -2.97. The van der Waals surface area contributed by atoms with Gasteiger partial charge in [0.2, 0.25) is 0 Å². The number of nitrogens with two attached hydrogens (primary N) is 1. The molecule has 0 aliphatic heterocycles. The van der Waals surface area contributed by atoms with E-state index in [2.05, 4.69) is 20.7 Å². The molecule has 6 heteroatoms. The maximum atomic E-state index is 12.7. The number of ether oxygens (including phenoxy) is 1. The van der Waals surface area contributed by atoms with E-state index in [0.29, 0.717) is 0 Å². The standard InChI is InChI=1S/C7H5BrF3NO/c8-3-1-6(13-7(10)11)5(12)2-4(3)9/h1-2,7H,12H2. The lowest BCUT2D eigenvalue weighted by atomic mass is 10.3. The predicted molar refractivity (Wildman–Crippen MR) is 45.1 cm³/mol. The van der Waals surface area contributed by atoms with Crippen LogP contribution in [0.2, 0.25) is 0 Å². The van der Waals surface area contributed by atoms with Gasteiger partial charge < -0.3 is 10.5 Å². The topological polar surface area (TPSA) is 35.2 Å². The first-order valence-corrected chi connectivity index (χ1v) is 3.99. The van der Waals surface area contributed by atoms with Crippen LogP contribution in [0.4, 0.5) is 18.9 Å². The van der Waals surface area contributed by atoms with Gasteiger partial charge in [0, 0.05) is 6.07 Å². The van der Waals surface area contributed by atoms with E-state index < -0.39 is 12.4 Å². The summed E-state index contributed by atoms with van der Waals surface area (Å²) in [6.45, 7) is -2.97. The van der Waals surface area contributed by atoms with E-state index in [4.69, 9.17) is 5.73 Å². The second kappa shape index (κ2) is 3.87. The van der Waals surface area contributed by atoms with Gasteiger partial charge in [0.25, 0.3) is 0 Å². The smallest absolute Gasteiger partial charge is 0.387 e. The number of nitrogen functional groups attached to an aromatic ring is 1. The first-order chi connectivity index (χ1) is 6.00. The van der Waals surface area contributed by atoms with Crippen LogP contribution in [0.15, 0.2) is 16.6 Å². The summed E-state index contributed by atoms with van der Waals surface area (Å²) >= 11 is 2.81. The maximum absolute atomic E-state index is 12.7. The summed E-state index contributed by atoms with van der Waals surface area (Å²) in [5.41, 5.74) is 5.05. The quantitative estimate of drug-likeness (QED) is 0.825. The first kappa shape index (κ1) is 10.2. The highest BCUT2D eigenvalue weighted by molar-refractivity contribution is 9.10. The Hall–Kier alpha value is -0.910. The Labute approximate surface area is 80.6 Å². The molecule has 0 unspecified atom stereocenters. The average molecular weight is 256 g/mol. The van der Waals surface area contributed by atoms with Crippen molar-refractivity contribution in [3.63, 3.8) is 0 Å². The summed E-state index contributed by atoms with van der Waals surface area (Å²) in [6.07, 6.45) is 0. The summed E-state index contributed by atoms with van der Waals surface area (Å²) in [6, 6.07) is 1.96. The zero-order valence-electron chi connectivity index (χ0n) is 6.23. The zero-order valence-corrected chi connectivity index (χ0v) is 7.82. The van der Waals surface area contributed by atoms with Crippen LogP contribution in [-0.4, -0.2) is 6.61 Å². The SMILES string of the molecule is Nc1cc(F)c(Br)cc1OC(F)F. The van der Waals surface area contributed by atoms with Crippen LogP contribution in [0.5, 0.6) is 5.75 Å². The molecule has 0 aliphatic rings. The molecule has 0 amide bonds. The van der Waals surface area contributed by atoms with Crippen LogP contribution < -0.4 is 10.5 Å². The van der Waals surface area contributed by atoms with Crippen molar-refractivity contribution >= 4 is 21.6 Å². The van der Waals surface area contributed by atoms with Gasteiger partial charge in [0.05, 0.1) is 10.2 Å². The molecular formula is C7H5BrF3NO. The molecule has 2 nitrogen and oxygen atoms in total. The Morgan fingerprint density at radius 2 is 2.00 bits per heavy atom. The molecule has 1 aromatic rings. The number of anilines is 1. The molecule has 0 heterocycles. The van der Waals surface area contributed by atoms with Crippen molar-refractivity contribution in [2.24, 2.45) is 0 Å². The number of rotatable bonds is 2. The Bertz CT molecular complexity index is 319. The highest BCUT2D eigenvalue weighted by Gasteiger charge is 2.10. The fourth-order valence-electron chi connectivity index (χ4n) is 0.742. The van der Waals surface area contributed by atoms with E-state index >= 15 is 0 Å². The molecule has 2 N–H and O–H groups in total. The molecule has 1 rings (SSSR count). The van der Waals surface area contributed by atoms with Crippen LogP contribution in [-0.2, 0) is 0 Å². The van der Waals surface area contributed by atoms with Gasteiger partial charge in [-0.3, -0.25) is 0 Å². The van der Waals surface area contributed by atoms with Crippen LogP contribution >= 0.6 is 15.9 Å². The molecular weight excluding hydrogens is 251 g/mol. The van der Waals surface area contributed by atoms with Gasteiger partial charge in [-0.15, -0.1) is 0 Å². The Morgan fingerprint density at radius 3 is 2.54 bits per heavy atom. The number of hydrogen-bond acceptors (Lipinski definition) is 2. The van der Waals surface area contributed by atoms with Gasteiger partial charge in [-0.1, -0.05) is 0 Å². The molecule has 0 aliphatic carbocycles. The Morgan fingerprint density at radius 1 is 1.38 bits per heavy atom. The van der Waals surface area contributed by atoms with Gasteiger partial charge in [0.1, 0.15) is 11.6 Å². The van der Waals surface area contributed by atoms with Crippen molar-refractivity contribution in [2.45, 2.75) is 6.61 Å². The molecule has 1 aromatic carbocycles. The fourth-order valence-corrected chi connectivity index (χ4v) is 1.06. The molecule has 0 fully saturated rings. The van der Waals surface area contributed by atoms with E-state index in [1.807, 2.05) is 0 Å². The maximum Gasteiger partial charge on any atom is 0.387 e. The van der Waals surface area contributed by atoms with Crippen LogP contribution in [0.25, 0.3) is 0 Å². The van der Waals surface area contributed by atoms with Crippen molar-refractivity contribution in [3.8, 4) is 5.75 Å². The van der Waals surface area contributed by atoms with E-state index in [-0.39, 0.29) is 15.9 Å². The van der Waals surface area contributed by atoms with E-state index in [1.54, 1.807) is 0 Å². The average Bonchev–Trinajstić information content (AvgIpc) is 1.99. The third-order valence-corrected chi connectivity index (χ3v) is 1.88. The summed E-state index contributed by atoms with van der Waals surface area (Å²) in [7, 11) is 0. The molecule has 0 spiro atoms. The van der Waals surface area contributed by atoms with Crippen LogP contribution in [0.3, 0.4) is 0 Å². The van der Waals surface area contributed by atoms with E-state index in [9.17, 15) is 13.2 Å². The van der Waals surface area contributed by atoms with Crippen molar-refractivity contribution in [3.05, 3.63) is 22.4 Å². The van der Waals surface area contributed by atoms with Gasteiger partial charge in [-0.25, -0.2) is 4.39 Å². The summed E-state index contributed by atoms with van der Waals surface area (Å²) < 4.78 is 40.3. The van der Waals surface area contributed by atoms with E-state index in [0.717, 1.165) is 12.1 Å². The van der Waals surface area contributed by atoms with Crippen molar-refractivity contribution in [1.82, 2.24) is 0 Å². The normalized spacial score (nSPS) is 10.5.